The van der Waals surface area contributed by atoms with Crippen LogP contribution in [0.15, 0.2) is 39.8 Å². The third-order valence-corrected chi connectivity index (χ3v) is 3.44. The van der Waals surface area contributed by atoms with Gasteiger partial charge in [-0.1, -0.05) is 0 Å². The molecule has 0 saturated carbocycles. The molecule has 1 aromatic carbocycles. The molecule has 0 amide bonds. The number of nitrogens with two attached hydrogens (primary N) is 1. The lowest BCUT2D eigenvalue weighted by Crippen LogP contribution is -2.00. The minimum absolute atomic E-state index is 0.247. The Bertz CT molecular complexity index is 515. The van der Waals surface area contributed by atoms with E-state index in [4.69, 9.17) is 5.73 Å². The monoisotopic (exact) mass is 310 g/mol. The van der Waals surface area contributed by atoms with E-state index in [1.54, 1.807) is 18.0 Å². The van der Waals surface area contributed by atoms with Gasteiger partial charge in [0.15, 0.2) is 0 Å². The number of hydrogen-bond acceptors (Lipinski definition) is 5. The van der Waals surface area contributed by atoms with Gasteiger partial charge in [-0.15, -0.1) is 11.8 Å². The summed E-state index contributed by atoms with van der Waals surface area (Å²) in [7, 11) is 0. The van der Waals surface area contributed by atoms with Crippen LogP contribution in [0.4, 0.5) is 17.5 Å². The largest absolute Gasteiger partial charge is 0.368 e. The van der Waals surface area contributed by atoms with Crippen molar-refractivity contribution >= 4 is 45.1 Å². The summed E-state index contributed by atoms with van der Waals surface area (Å²) in [4.78, 5) is 9.22. The zero-order valence-electron chi connectivity index (χ0n) is 9.14. The summed E-state index contributed by atoms with van der Waals surface area (Å²) in [5, 5.41) is 3.18. The van der Waals surface area contributed by atoms with Gasteiger partial charge >= 0.3 is 0 Å². The highest BCUT2D eigenvalue weighted by Gasteiger charge is 2.03. The van der Waals surface area contributed by atoms with E-state index in [1.165, 1.54) is 4.90 Å². The minimum Gasteiger partial charge on any atom is -0.368 e. The van der Waals surface area contributed by atoms with Crippen molar-refractivity contribution in [2.24, 2.45) is 0 Å². The predicted molar refractivity (Wildman–Crippen MR) is 75.7 cm³/mol. The van der Waals surface area contributed by atoms with E-state index in [9.17, 15) is 0 Å². The fourth-order valence-corrected chi connectivity index (χ4v) is 1.98. The molecule has 0 aliphatic carbocycles. The number of nitrogens with one attached hydrogen (secondary N) is 1. The standard InChI is InChI=1S/C11H11BrN4S/c1-17-8-4-2-7(3-5-8)15-10-9(12)6-14-11(13)16-10/h2-6H,1H3,(H3,13,14,15,16). The van der Waals surface area contributed by atoms with Crippen LogP contribution in [0.5, 0.6) is 0 Å². The van der Waals surface area contributed by atoms with Gasteiger partial charge in [-0.05, 0) is 46.5 Å². The number of rotatable bonds is 3. The molecule has 0 aliphatic heterocycles. The molecular formula is C11H11BrN4S. The van der Waals surface area contributed by atoms with Crippen LogP contribution in [-0.2, 0) is 0 Å². The third-order valence-electron chi connectivity index (χ3n) is 2.12. The first kappa shape index (κ1) is 12.2. The molecular weight excluding hydrogens is 300 g/mol. The van der Waals surface area contributed by atoms with Gasteiger partial charge < -0.3 is 11.1 Å². The van der Waals surface area contributed by atoms with Crippen LogP contribution in [0, 0.1) is 0 Å². The summed E-state index contributed by atoms with van der Waals surface area (Å²) in [5.74, 6) is 0.908. The number of benzene rings is 1. The first-order valence-electron chi connectivity index (χ1n) is 4.88. The second-order valence-corrected chi connectivity index (χ2v) is 5.01. The maximum Gasteiger partial charge on any atom is 0.222 e. The summed E-state index contributed by atoms with van der Waals surface area (Å²) in [6.07, 6.45) is 3.67. The molecule has 0 atom stereocenters. The van der Waals surface area contributed by atoms with Crippen molar-refractivity contribution in [2.45, 2.75) is 4.90 Å². The van der Waals surface area contributed by atoms with Crippen LogP contribution < -0.4 is 11.1 Å². The van der Waals surface area contributed by atoms with Gasteiger partial charge in [0.25, 0.3) is 0 Å². The summed E-state index contributed by atoms with van der Waals surface area (Å²) >= 11 is 5.08. The van der Waals surface area contributed by atoms with E-state index in [1.807, 2.05) is 30.5 Å². The van der Waals surface area contributed by atoms with Gasteiger partial charge in [0, 0.05) is 16.8 Å². The summed E-state index contributed by atoms with van der Waals surface area (Å²) in [5.41, 5.74) is 6.50. The Kier molecular flexibility index (Phi) is 3.86. The molecule has 0 bridgehead atoms. The molecule has 0 fully saturated rings. The van der Waals surface area contributed by atoms with Crippen molar-refractivity contribution < 1.29 is 0 Å². The zero-order chi connectivity index (χ0) is 12.3. The molecule has 0 spiro atoms. The minimum atomic E-state index is 0.247. The van der Waals surface area contributed by atoms with E-state index in [0.717, 1.165) is 10.2 Å². The van der Waals surface area contributed by atoms with Crippen LogP contribution in [0.1, 0.15) is 0 Å². The topological polar surface area (TPSA) is 63.8 Å². The summed E-state index contributed by atoms with van der Waals surface area (Å²) in [6, 6.07) is 8.09. The van der Waals surface area contributed by atoms with Crippen LogP contribution in [-0.4, -0.2) is 16.2 Å². The van der Waals surface area contributed by atoms with Gasteiger partial charge in [0.1, 0.15) is 5.82 Å². The quantitative estimate of drug-likeness (QED) is 0.852. The lowest BCUT2D eigenvalue weighted by Gasteiger charge is -2.08. The Balaban J connectivity index is 2.22. The number of halogens is 1. The highest BCUT2D eigenvalue weighted by molar-refractivity contribution is 9.10. The van der Waals surface area contributed by atoms with Crippen molar-refractivity contribution in [1.82, 2.24) is 9.97 Å². The molecule has 88 valence electrons. The lowest BCUT2D eigenvalue weighted by molar-refractivity contribution is 1.17. The van der Waals surface area contributed by atoms with Crippen molar-refractivity contribution in [3.8, 4) is 0 Å². The van der Waals surface area contributed by atoms with Crippen molar-refractivity contribution in [3.63, 3.8) is 0 Å². The average Bonchev–Trinajstić information content (AvgIpc) is 2.35. The zero-order valence-corrected chi connectivity index (χ0v) is 11.5. The first-order chi connectivity index (χ1) is 8.19. The molecule has 4 nitrogen and oxygen atoms in total. The Morgan fingerprint density at radius 3 is 2.65 bits per heavy atom. The first-order valence-corrected chi connectivity index (χ1v) is 6.90. The van der Waals surface area contributed by atoms with Crippen LogP contribution in [0.3, 0.4) is 0 Å². The number of thioether (sulfide) groups is 1. The molecule has 0 aliphatic rings. The average molecular weight is 311 g/mol. The van der Waals surface area contributed by atoms with Gasteiger partial charge in [-0.2, -0.15) is 4.98 Å². The molecule has 0 radical (unpaired) electrons. The van der Waals surface area contributed by atoms with Gasteiger partial charge in [0.05, 0.1) is 4.47 Å². The Morgan fingerprint density at radius 2 is 2.00 bits per heavy atom. The highest BCUT2D eigenvalue weighted by Crippen LogP contribution is 2.24. The molecule has 17 heavy (non-hydrogen) atoms. The lowest BCUT2D eigenvalue weighted by atomic mass is 10.3. The number of aromatic nitrogens is 2. The molecule has 1 aromatic heterocycles. The van der Waals surface area contributed by atoms with Crippen LogP contribution in [0.2, 0.25) is 0 Å². The number of nitrogens with zero attached hydrogens (tertiary/aromatic N) is 2. The number of nitrogen functional groups attached to an aromatic ring is 1. The van der Waals surface area contributed by atoms with Crippen LogP contribution in [0.25, 0.3) is 0 Å². The summed E-state index contributed by atoms with van der Waals surface area (Å²) < 4.78 is 0.778. The van der Waals surface area contributed by atoms with E-state index in [-0.39, 0.29) is 5.95 Å². The molecule has 0 saturated heterocycles. The predicted octanol–water partition coefficient (Wildman–Crippen LogP) is 3.29. The fourth-order valence-electron chi connectivity index (χ4n) is 1.28. The van der Waals surface area contributed by atoms with E-state index in [0.29, 0.717) is 5.82 Å². The maximum atomic E-state index is 5.54. The number of hydrogen-bond donors (Lipinski definition) is 2. The van der Waals surface area contributed by atoms with E-state index >= 15 is 0 Å². The normalized spacial score (nSPS) is 10.2. The van der Waals surface area contributed by atoms with Crippen molar-refractivity contribution in [1.29, 1.82) is 0 Å². The van der Waals surface area contributed by atoms with Crippen LogP contribution >= 0.6 is 27.7 Å². The van der Waals surface area contributed by atoms with Crippen molar-refractivity contribution in [2.75, 3.05) is 17.3 Å². The van der Waals surface area contributed by atoms with Gasteiger partial charge in [-0.3, -0.25) is 0 Å². The number of anilines is 3. The molecule has 2 rings (SSSR count). The SMILES string of the molecule is CSc1ccc(Nc2nc(N)ncc2Br)cc1. The van der Waals surface area contributed by atoms with E-state index < -0.39 is 0 Å². The van der Waals surface area contributed by atoms with Gasteiger partial charge in [0.2, 0.25) is 5.95 Å². The van der Waals surface area contributed by atoms with E-state index in [2.05, 4.69) is 31.2 Å². The highest BCUT2D eigenvalue weighted by atomic mass is 79.9. The molecule has 0 unspecified atom stereocenters. The smallest absolute Gasteiger partial charge is 0.222 e. The van der Waals surface area contributed by atoms with Crippen molar-refractivity contribution in [3.05, 3.63) is 34.9 Å². The molecule has 3 N–H and O–H groups in total. The van der Waals surface area contributed by atoms with Gasteiger partial charge in [-0.25, -0.2) is 4.98 Å². The third kappa shape index (κ3) is 3.10. The molecule has 6 heteroatoms. The maximum absolute atomic E-state index is 5.54. The molecule has 2 aromatic rings. The Morgan fingerprint density at radius 1 is 1.29 bits per heavy atom. The second kappa shape index (κ2) is 5.37. The molecule has 1 heterocycles. The Hall–Kier alpha value is -1.27. The fraction of sp³-hybridized carbons (Fsp3) is 0.0909. The Labute approximate surface area is 112 Å². The summed E-state index contributed by atoms with van der Waals surface area (Å²) in [6.45, 7) is 0. The second-order valence-electron chi connectivity index (χ2n) is 3.28.